The van der Waals surface area contributed by atoms with Crippen molar-refractivity contribution in [1.82, 2.24) is 0 Å². The van der Waals surface area contributed by atoms with Crippen LogP contribution in [0.1, 0.15) is 27.8 Å². The monoisotopic (exact) mass is 396 g/mol. The first-order valence-electron chi connectivity index (χ1n) is 9.97. The highest BCUT2D eigenvalue weighted by atomic mass is 16.2. The molecule has 0 fully saturated rings. The normalized spacial score (nSPS) is 13.9. The molecule has 4 heteroatoms. The highest BCUT2D eigenvalue weighted by Crippen LogP contribution is 2.36. The number of carbonyl (C=O) groups excluding carboxylic acids is 2. The number of benzene rings is 3. The molecule has 0 aromatic heterocycles. The fourth-order valence-electron chi connectivity index (χ4n) is 3.89. The highest BCUT2D eigenvalue weighted by molar-refractivity contribution is 6.46. The van der Waals surface area contributed by atoms with E-state index in [0.717, 1.165) is 33.5 Å². The summed E-state index contributed by atoms with van der Waals surface area (Å²) < 4.78 is 0. The van der Waals surface area contributed by atoms with Crippen LogP contribution in [0.25, 0.3) is 5.57 Å². The number of rotatable bonds is 4. The molecule has 0 saturated heterocycles. The third-order valence-electron chi connectivity index (χ3n) is 5.38. The first kappa shape index (κ1) is 19.6. The van der Waals surface area contributed by atoms with Gasteiger partial charge in [0.15, 0.2) is 0 Å². The van der Waals surface area contributed by atoms with Gasteiger partial charge in [0, 0.05) is 5.69 Å². The number of para-hydroxylation sites is 1. The summed E-state index contributed by atoms with van der Waals surface area (Å²) in [5, 5.41) is 3.24. The lowest BCUT2D eigenvalue weighted by Crippen LogP contribution is -2.33. The molecule has 1 aliphatic heterocycles. The largest absolute Gasteiger partial charge is 0.350 e. The summed E-state index contributed by atoms with van der Waals surface area (Å²) in [5.41, 5.74) is 6.88. The van der Waals surface area contributed by atoms with Crippen LogP contribution >= 0.6 is 0 Å². The third kappa shape index (κ3) is 3.41. The average molecular weight is 396 g/mol. The first-order valence-corrected chi connectivity index (χ1v) is 9.97. The lowest BCUT2D eigenvalue weighted by atomic mass is 9.97. The minimum absolute atomic E-state index is 0.306. The Hall–Kier alpha value is -3.66. The number of hydrogen-bond acceptors (Lipinski definition) is 3. The molecule has 0 saturated carbocycles. The van der Waals surface area contributed by atoms with E-state index in [4.69, 9.17) is 0 Å². The minimum atomic E-state index is -0.342. The summed E-state index contributed by atoms with van der Waals surface area (Å²) in [6.45, 7) is 7.87. The minimum Gasteiger partial charge on any atom is -0.350 e. The van der Waals surface area contributed by atoms with E-state index < -0.39 is 0 Å². The van der Waals surface area contributed by atoms with Crippen LogP contribution in [0.15, 0.2) is 72.4 Å². The van der Waals surface area contributed by atoms with Crippen LogP contribution in [0.4, 0.5) is 11.4 Å². The van der Waals surface area contributed by atoms with E-state index in [1.165, 1.54) is 4.90 Å². The molecule has 0 atom stereocenters. The van der Waals surface area contributed by atoms with Crippen molar-refractivity contribution in [2.24, 2.45) is 0 Å². The predicted octanol–water partition coefficient (Wildman–Crippen LogP) is 5.32. The van der Waals surface area contributed by atoms with Crippen LogP contribution in [0, 0.1) is 27.7 Å². The number of imide groups is 1. The summed E-state index contributed by atoms with van der Waals surface area (Å²) >= 11 is 0. The van der Waals surface area contributed by atoms with Crippen molar-refractivity contribution >= 4 is 28.8 Å². The molecule has 0 aliphatic carbocycles. The van der Waals surface area contributed by atoms with Crippen LogP contribution in [0.3, 0.4) is 0 Å². The molecule has 150 valence electrons. The fraction of sp³-hybridized carbons (Fsp3) is 0.154. The molecular weight excluding hydrogens is 372 g/mol. The summed E-state index contributed by atoms with van der Waals surface area (Å²) in [6.07, 6.45) is 0. The molecule has 2 amide bonds. The van der Waals surface area contributed by atoms with Crippen LogP contribution in [-0.2, 0) is 9.59 Å². The molecule has 0 bridgehead atoms. The summed E-state index contributed by atoms with van der Waals surface area (Å²) in [6, 6.07) is 21.1. The Morgan fingerprint density at radius 1 is 0.700 bits per heavy atom. The van der Waals surface area contributed by atoms with E-state index in [1.807, 2.05) is 88.4 Å². The number of amides is 2. The Balaban J connectivity index is 1.89. The number of nitrogens with zero attached hydrogens (tertiary/aromatic N) is 1. The quantitative estimate of drug-likeness (QED) is 0.608. The van der Waals surface area contributed by atoms with E-state index >= 15 is 0 Å². The van der Waals surface area contributed by atoms with Crippen molar-refractivity contribution in [3.63, 3.8) is 0 Å². The van der Waals surface area contributed by atoms with Gasteiger partial charge in [0.1, 0.15) is 5.70 Å². The number of anilines is 2. The van der Waals surface area contributed by atoms with Crippen LogP contribution < -0.4 is 10.2 Å². The van der Waals surface area contributed by atoms with Gasteiger partial charge in [-0.1, -0.05) is 54.1 Å². The SMILES string of the molecule is Cc1cccc(NC2=C(c3ccc(C)cc3C)C(=O)N(c3ccccc3C)C2=O)c1. The molecule has 0 unspecified atom stereocenters. The standard InChI is InChI=1S/C26H24N2O2/c1-16-8-7-10-20(15-16)27-24-23(21-13-12-17(2)14-19(21)4)25(29)28(26(24)30)22-11-6-5-9-18(22)3/h5-15,27H,1-4H3. The van der Waals surface area contributed by atoms with E-state index in [0.29, 0.717) is 17.0 Å². The zero-order valence-electron chi connectivity index (χ0n) is 17.6. The van der Waals surface area contributed by atoms with E-state index in [-0.39, 0.29) is 11.8 Å². The van der Waals surface area contributed by atoms with Crippen molar-refractivity contribution in [3.05, 3.63) is 100 Å². The van der Waals surface area contributed by atoms with Gasteiger partial charge in [-0.2, -0.15) is 0 Å². The summed E-state index contributed by atoms with van der Waals surface area (Å²) in [5.74, 6) is -0.651. The maximum atomic E-state index is 13.6. The Morgan fingerprint density at radius 3 is 2.13 bits per heavy atom. The van der Waals surface area contributed by atoms with Crippen molar-refractivity contribution in [2.75, 3.05) is 10.2 Å². The first-order chi connectivity index (χ1) is 14.4. The molecule has 4 rings (SSSR count). The molecule has 4 nitrogen and oxygen atoms in total. The van der Waals surface area contributed by atoms with Gasteiger partial charge in [0.25, 0.3) is 11.8 Å². The average Bonchev–Trinajstić information content (AvgIpc) is 2.93. The van der Waals surface area contributed by atoms with Crippen molar-refractivity contribution in [2.45, 2.75) is 27.7 Å². The number of nitrogens with one attached hydrogen (secondary N) is 1. The van der Waals surface area contributed by atoms with E-state index in [2.05, 4.69) is 5.32 Å². The predicted molar refractivity (Wildman–Crippen MR) is 121 cm³/mol. The van der Waals surface area contributed by atoms with Gasteiger partial charge in [-0.3, -0.25) is 9.59 Å². The highest BCUT2D eigenvalue weighted by Gasteiger charge is 2.41. The lowest BCUT2D eigenvalue weighted by molar-refractivity contribution is -0.120. The third-order valence-corrected chi connectivity index (χ3v) is 5.38. The van der Waals surface area contributed by atoms with Crippen molar-refractivity contribution in [3.8, 4) is 0 Å². The Bertz CT molecular complexity index is 1210. The van der Waals surface area contributed by atoms with Gasteiger partial charge in [-0.25, -0.2) is 4.90 Å². The molecule has 3 aromatic rings. The van der Waals surface area contributed by atoms with Crippen LogP contribution in [-0.4, -0.2) is 11.8 Å². The molecular formula is C26H24N2O2. The lowest BCUT2D eigenvalue weighted by Gasteiger charge is -2.18. The number of carbonyl (C=O) groups is 2. The Morgan fingerprint density at radius 2 is 1.43 bits per heavy atom. The number of hydrogen-bond donors (Lipinski definition) is 1. The molecule has 0 spiro atoms. The van der Waals surface area contributed by atoms with Gasteiger partial charge in [-0.15, -0.1) is 0 Å². The van der Waals surface area contributed by atoms with Gasteiger partial charge < -0.3 is 5.32 Å². The molecule has 1 aliphatic rings. The molecule has 1 heterocycles. The van der Waals surface area contributed by atoms with Crippen molar-refractivity contribution < 1.29 is 9.59 Å². The molecule has 1 N–H and O–H groups in total. The smallest absolute Gasteiger partial charge is 0.282 e. The van der Waals surface area contributed by atoms with Gasteiger partial charge in [0.2, 0.25) is 0 Å². The van der Waals surface area contributed by atoms with Gasteiger partial charge >= 0.3 is 0 Å². The molecule has 3 aromatic carbocycles. The van der Waals surface area contributed by atoms with E-state index in [1.54, 1.807) is 6.07 Å². The number of aryl methyl sites for hydroxylation is 4. The second-order valence-corrected chi connectivity index (χ2v) is 7.80. The Kier molecular flexibility index (Phi) is 5.00. The zero-order valence-corrected chi connectivity index (χ0v) is 17.6. The second-order valence-electron chi connectivity index (χ2n) is 7.80. The van der Waals surface area contributed by atoms with Gasteiger partial charge in [0.05, 0.1) is 11.3 Å². The Labute approximate surface area is 176 Å². The topological polar surface area (TPSA) is 49.4 Å². The zero-order chi connectivity index (χ0) is 21.4. The second kappa shape index (κ2) is 7.64. The van der Waals surface area contributed by atoms with E-state index in [9.17, 15) is 9.59 Å². The van der Waals surface area contributed by atoms with Crippen LogP contribution in [0.2, 0.25) is 0 Å². The molecule has 0 radical (unpaired) electrons. The summed E-state index contributed by atoms with van der Waals surface area (Å²) in [4.78, 5) is 28.4. The maximum Gasteiger partial charge on any atom is 0.282 e. The maximum absolute atomic E-state index is 13.6. The summed E-state index contributed by atoms with van der Waals surface area (Å²) in [7, 11) is 0. The molecule has 30 heavy (non-hydrogen) atoms. The van der Waals surface area contributed by atoms with Gasteiger partial charge in [-0.05, 0) is 68.1 Å². The van der Waals surface area contributed by atoms with Crippen LogP contribution in [0.5, 0.6) is 0 Å². The van der Waals surface area contributed by atoms with Crippen molar-refractivity contribution in [1.29, 1.82) is 0 Å². The fourth-order valence-corrected chi connectivity index (χ4v) is 3.89.